The number of carboxylic acid groups (broad SMARTS) is 2. The predicted molar refractivity (Wildman–Crippen MR) is 121 cm³/mol. The van der Waals surface area contributed by atoms with Crippen LogP contribution in [0.2, 0.25) is 0 Å². The van der Waals surface area contributed by atoms with Crippen molar-refractivity contribution in [3.8, 4) is 17.6 Å². The van der Waals surface area contributed by atoms with Crippen molar-refractivity contribution in [1.82, 2.24) is 9.29 Å². The minimum atomic E-state index is -4.15. The number of aliphatic carboxylic acids is 1. The van der Waals surface area contributed by atoms with Crippen LogP contribution in [0.1, 0.15) is 22.8 Å². The zero-order chi connectivity index (χ0) is 24.2. The van der Waals surface area contributed by atoms with Gasteiger partial charge in [-0.05, 0) is 55.0 Å². The summed E-state index contributed by atoms with van der Waals surface area (Å²) in [6, 6.07) is 8.60. The first-order valence-electron chi connectivity index (χ1n) is 9.81. The van der Waals surface area contributed by atoms with Crippen LogP contribution in [0.15, 0.2) is 53.6 Å². The number of benzene rings is 2. The maximum absolute atomic E-state index is 12.8. The zero-order valence-corrected chi connectivity index (χ0v) is 18.7. The van der Waals surface area contributed by atoms with E-state index in [1.165, 1.54) is 36.4 Å². The average molecular weight is 471 g/mol. The van der Waals surface area contributed by atoms with Gasteiger partial charge < -0.3 is 19.5 Å². The highest BCUT2D eigenvalue weighted by atomic mass is 32.2. The van der Waals surface area contributed by atoms with E-state index in [9.17, 15) is 28.2 Å². The van der Waals surface area contributed by atoms with E-state index < -0.39 is 28.0 Å². The van der Waals surface area contributed by atoms with Gasteiger partial charge in [0.25, 0.3) is 0 Å². The van der Waals surface area contributed by atoms with Crippen LogP contribution in [0.3, 0.4) is 0 Å². The van der Waals surface area contributed by atoms with E-state index in [1.807, 2.05) is 0 Å². The fourth-order valence-electron chi connectivity index (χ4n) is 3.33. The van der Waals surface area contributed by atoms with Crippen LogP contribution in [0.4, 0.5) is 0 Å². The minimum Gasteiger partial charge on any atom is -0.481 e. The van der Waals surface area contributed by atoms with Gasteiger partial charge >= 0.3 is 11.9 Å². The van der Waals surface area contributed by atoms with Gasteiger partial charge in [0, 0.05) is 30.6 Å². The first kappa shape index (κ1) is 23.8. The van der Waals surface area contributed by atoms with Gasteiger partial charge in [0.15, 0.2) is 0 Å². The Bertz CT molecular complexity index is 1360. The normalized spacial score (nSPS) is 12.1. The van der Waals surface area contributed by atoms with Gasteiger partial charge in [0.05, 0.1) is 10.5 Å². The number of fused-ring (bicyclic) bond motifs is 1. The molecule has 0 aliphatic carbocycles. The van der Waals surface area contributed by atoms with Crippen LogP contribution in [-0.4, -0.2) is 47.8 Å². The Labute approximate surface area is 190 Å². The van der Waals surface area contributed by atoms with E-state index in [0.29, 0.717) is 22.2 Å². The van der Waals surface area contributed by atoms with Gasteiger partial charge in [0.2, 0.25) is 10.0 Å². The van der Waals surface area contributed by atoms with Crippen LogP contribution in [0.5, 0.6) is 5.75 Å². The molecule has 1 atom stereocenters. The molecule has 10 heteroatoms. The molecular weight excluding hydrogens is 448 g/mol. The molecule has 0 fully saturated rings. The Morgan fingerprint density at radius 2 is 1.85 bits per heavy atom. The van der Waals surface area contributed by atoms with Crippen molar-refractivity contribution in [2.75, 3.05) is 6.61 Å². The molecule has 3 aromatic rings. The SMILES string of the molecule is CC#CCOc1ccc(S(=O)(=O)N[C@@H](Cc2cn(C)c3ccc(C(=O)O)cc23)C(=O)O)cc1. The molecule has 0 amide bonds. The van der Waals surface area contributed by atoms with Crippen molar-refractivity contribution in [2.24, 2.45) is 7.05 Å². The average Bonchev–Trinajstić information content (AvgIpc) is 3.08. The van der Waals surface area contributed by atoms with Crippen molar-refractivity contribution in [3.05, 3.63) is 59.8 Å². The van der Waals surface area contributed by atoms with E-state index >= 15 is 0 Å². The Kier molecular flexibility index (Phi) is 7.06. The molecule has 0 aliphatic heterocycles. The van der Waals surface area contributed by atoms with Gasteiger partial charge in [-0.1, -0.05) is 5.92 Å². The molecule has 0 aliphatic rings. The third-order valence-electron chi connectivity index (χ3n) is 4.96. The van der Waals surface area contributed by atoms with E-state index in [4.69, 9.17) is 4.74 Å². The number of aryl methyl sites for hydroxylation is 1. The summed E-state index contributed by atoms with van der Waals surface area (Å²) in [5.41, 5.74) is 1.26. The predicted octanol–water partition coefficient (Wildman–Crippen LogP) is 2.25. The number of carboxylic acids is 2. The standard InChI is InChI=1S/C23H22N2O7S/c1-3-4-11-32-17-6-8-18(9-7-17)33(30,31)24-20(23(28)29)13-16-14-25(2)21-10-5-15(22(26)27)12-19(16)21/h5-10,12,14,20,24H,11,13H2,1-2H3,(H,26,27)(H,28,29)/t20-/m0/s1. The molecule has 0 radical (unpaired) electrons. The fraction of sp³-hybridized carbons (Fsp3) is 0.217. The smallest absolute Gasteiger partial charge is 0.335 e. The molecule has 3 N–H and O–H groups in total. The number of rotatable bonds is 9. The lowest BCUT2D eigenvalue weighted by Gasteiger charge is -2.15. The number of nitrogens with zero attached hydrogens (tertiary/aromatic N) is 1. The molecule has 2 aromatic carbocycles. The molecule has 1 aromatic heterocycles. The lowest BCUT2D eigenvalue weighted by atomic mass is 10.0. The number of nitrogens with one attached hydrogen (secondary N) is 1. The van der Waals surface area contributed by atoms with Gasteiger partial charge in [-0.2, -0.15) is 4.72 Å². The fourth-order valence-corrected chi connectivity index (χ4v) is 4.52. The molecule has 33 heavy (non-hydrogen) atoms. The first-order valence-corrected chi connectivity index (χ1v) is 11.3. The van der Waals surface area contributed by atoms with Crippen LogP contribution < -0.4 is 9.46 Å². The van der Waals surface area contributed by atoms with Gasteiger partial charge in [-0.15, -0.1) is 5.92 Å². The minimum absolute atomic E-state index is 0.0506. The van der Waals surface area contributed by atoms with E-state index in [1.54, 1.807) is 30.8 Å². The molecule has 9 nitrogen and oxygen atoms in total. The van der Waals surface area contributed by atoms with Gasteiger partial charge in [0.1, 0.15) is 18.4 Å². The summed E-state index contributed by atoms with van der Waals surface area (Å²) in [6.07, 6.45) is 1.48. The van der Waals surface area contributed by atoms with Crippen LogP contribution in [0.25, 0.3) is 10.9 Å². The molecule has 0 saturated carbocycles. The van der Waals surface area contributed by atoms with E-state index in [0.717, 1.165) is 0 Å². The topological polar surface area (TPSA) is 135 Å². The molecule has 0 saturated heterocycles. The van der Waals surface area contributed by atoms with Crippen molar-refractivity contribution in [2.45, 2.75) is 24.3 Å². The Morgan fingerprint density at radius 3 is 2.45 bits per heavy atom. The first-order chi connectivity index (χ1) is 15.6. The number of aromatic nitrogens is 1. The highest BCUT2D eigenvalue weighted by molar-refractivity contribution is 7.89. The molecular formula is C23H22N2O7S. The van der Waals surface area contributed by atoms with Crippen molar-refractivity contribution in [1.29, 1.82) is 0 Å². The number of sulfonamides is 1. The second kappa shape index (κ2) is 9.77. The third kappa shape index (κ3) is 5.52. The second-order valence-electron chi connectivity index (χ2n) is 7.21. The summed E-state index contributed by atoms with van der Waals surface area (Å²) >= 11 is 0. The molecule has 0 unspecified atom stereocenters. The lowest BCUT2D eigenvalue weighted by molar-refractivity contribution is -0.138. The maximum atomic E-state index is 12.8. The van der Waals surface area contributed by atoms with Crippen LogP contribution in [-0.2, 0) is 28.3 Å². The molecule has 1 heterocycles. The maximum Gasteiger partial charge on any atom is 0.335 e. The van der Waals surface area contributed by atoms with Crippen molar-refractivity contribution < 1.29 is 33.0 Å². The number of carbonyl (C=O) groups is 2. The summed E-state index contributed by atoms with van der Waals surface area (Å²) < 4.78 is 34.9. The largest absolute Gasteiger partial charge is 0.481 e. The van der Waals surface area contributed by atoms with Crippen molar-refractivity contribution >= 4 is 32.9 Å². The summed E-state index contributed by atoms with van der Waals surface area (Å²) in [5, 5.41) is 19.5. The molecule has 172 valence electrons. The second-order valence-corrected chi connectivity index (χ2v) is 8.92. The zero-order valence-electron chi connectivity index (χ0n) is 17.9. The van der Waals surface area contributed by atoms with Crippen LogP contribution >= 0.6 is 0 Å². The molecule has 3 rings (SSSR count). The quantitative estimate of drug-likeness (QED) is 0.408. The number of aromatic carboxylic acids is 1. The highest BCUT2D eigenvalue weighted by Crippen LogP contribution is 2.24. The van der Waals surface area contributed by atoms with Gasteiger partial charge in [-0.3, -0.25) is 4.79 Å². The number of hydrogen-bond acceptors (Lipinski definition) is 5. The summed E-state index contributed by atoms with van der Waals surface area (Å²) in [4.78, 5) is 23.1. The lowest BCUT2D eigenvalue weighted by Crippen LogP contribution is -2.42. The van der Waals surface area contributed by atoms with Crippen LogP contribution in [0, 0.1) is 11.8 Å². The van der Waals surface area contributed by atoms with E-state index in [-0.39, 0.29) is 23.5 Å². The molecule has 0 spiro atoms. The summed E-state index contributed by atoms with van der Waals surface area (Å²) in [7, 11) is -2.41. The molecule has 0 bridgehead atoms. The summed E-state index contributed by atoms with van der Waals surface area (Å²) in [6.45, 7) is 1.84. The Hall–Kier alpha value is -3.81. The van der Waals surface area contributed by atoms with Gasteiger partial charge in [-0.25, -0.2) is 13.2 Å². The highest BCUT2D eigenvalue weighted by Gasteiger charge is 2.27. The van der Waals surface area contributed by atoms with E-state index in [2.05, 4.69) is 16.6 Å². The monoisotopic (exact) mass is 470 g/mol. The Balaban J connectivity index is 1.85. The number of ether oxygens (including phenoxy) is 1. The third-order valence-corrected chi connectivity index (χ3v) is 6.45. The van der Waals surface area contributed by atoms with Crippen molar-refractivity contribution in [3.63, 3.8) is 0 Å². The number of hydrogen-bond donors (Lipinski definition) is 3. The Morgan fingerprint density at radius 1 is 1.15 bits per heavy atom. The summed E-state index contributed by atoms with van der Waals surface area (Å²) in [5.74, 6) is 3.36.